The van der Waals surface area contributed by atoms with Crippen LogP contribution in [0.1, 0.15) is 28.1 Å². The van der Waals surface area contributed by atoms with E-state index >= 15 is 0 Å². The first-order valence-electron chi connectivity index (χ1n) is 10.3. The zero-order chi connectivity index (χ0) is 21.8. The molecule has 1 atom stereocenters. The Morgan fingerprint density at radius 3 is 2.39 bits per heavy atom. The van der Waals surface area contributed by atoms with Gasteiger partial charge in [0.15, 0.2) is 0 Å². The molecule has 2 fully saturated rings. The quantitative estimate of drug-likeness (QED) is 0.688. The molecule has 9 heteroatoms. The molecule has 0 bridgehead atoms. The van der Waals surface area contributed by atoms with Gasteiger partial charge in [0.05, 0.1) is 4.88 Å². The predicted octanol–water partition coefficient (Wildman–Crippen LogP) is 2.50. The minimum absolute atomic E-state index is 0.0840. The number of amides is 2. The fourth-order valence-electron chi connectivity index (χ4n) is 4.00. The summed E-state index contributed by atoms with van der Waals surface area (Å²) in [5.41, 5.74) is 0.816. The lowest BCUT2D eigenvalue weighted by Gasteiger charge is -2.36. The maximum Gasteiger partial charge on any atom is 0.264 e. The molecule has 2 saturated heterocycles. The number of likely N-dealkylation sites (tertiary alicyclic amines) is 1. The number of thiophene rings is 1. The molecule has 0 unspecified atom stereocenters. The monoisotopic (exact) mass is 459 g/mol. The maximum atomic E-state index is 13.1. The van der Waals surface area contributed by atoms with E-state index in [9.17, 15) is 18.0 Å². The van der Waals surface area contributed by atoms with Crippen molar-refractivity contribution in [1.82, 2.24) is 14.1 Å². The minimum Gasteiger partial charge on any atom is -0.338 e. The molecule has 0 saturated carbocycles. The van der Waals surface area contributed by atoms with Gasteiger partial charge in [-0.25, -0.2) is 8.42 Å². The highest BCUT2D eigenvalue weighted by molar-refractivity contribution is 7.92. The molecule has 0 N–H and O–H groups in total. The Morgan fingerprint density at radius 1 is 0.968 bits per heavy atom. The number of nitrogens with zero attached hydrogens (tertiary/aromatic N) is 3. The largest absolute Gasteiger partial charge is 0.338 e. The van der Waals surface area contributed by atoms with Gasteiger partial charge in [-0.05, 0) is 35.9 Å². The smallest absolute Gasteiger partial charge is 0.264 e. The van der Waals surface area contributed by atoms with Crippen molar-refractivity contribution in [2.45, 2.75) is 18.9 Å². The van der Waals surface area contributed by atoms with E-state index in [1.54, 1.807) is 21.9 Å². The molecule has 2 aromatic rings. The van der Waals surface area contributed by atoms with Crippen molar-refractivity contribution in [2.75, 3.05) is 32.7 Å². The SMILES string of the molecule is O=C([C@H]1CCCN1C(=O)c1cccs1)N1CCN(S(=O)(=O)/C=C/c2ccccc2)CC1. The van der Waals surface area contributed by atoms with Gasteiger partial charge < -0.3 is 9.80 Å². The van der Waals surface area contributed by atoms with Gasteiger partial charge in [0.1, 0.15) is 6.04 Å². The molecule has 2 aliphatic rings. The lowest BCUT2D eigenvalue weighted by atomic mass is 10.1. The number of rotatable bonds is 5. The number of benzene rings is 1. The van der Waals surface area contributed by atoms with E-state index in [0.717, 1.165) is 12.0 Å². The standard InChI is InChI=1S/C22H25N3O4S2/c26-21(19-8-4-11-25(19)22(27)20-9-5-16-30-20)23-12-14-24(15-13-23)31(28,29)17-10-18-6-2-1-3-7-18/h1-3,5-7,9-10,16-17,19H,4,8,11-15H2/b17-10+/t19-/m1/s1. The highest BCUT2D eigenvalue weighted by atomic mass is 32.2. The van der Waals surface area contributed by atoms with Crippen molar-refractivity contribution in [1.29, 1.82) is 0 Å². The fourth-order valence-corrected chi connectivity index (χ4v) is 5.85. The Morgan fingerprint density at radius 2 is 1.71 bits per heavy atom. The molecule has 0 aliphatic carbocycles. The highest BCUT2D eigenvalue weighted by Gasteiger charge is 2.38. The maximum absolute atomic E-state index is 13.1. The Labute approximate surface area is 186 Å². The molecule has 0 radical (unpaired) electrons. The van der Waals surface area contributed by atoms with Crippen LogP contribution in [0.25, 0.3) is 6.08 Å². The lowest BCUT2D eigenvalue weighted by molar-refractivity contribution is -0.136. The van der Waals surface area contributed by atoms with Crippen LogP contribution in [0.15, 0.2) is 53.3 Å². The minimum atomic E-state index is -3.55. The summed E-state index contributed by atoms with van der Waals surface area (Å²) < 4.78 is 26.7. The molecule has 164 valence electrons. The van der Waals surface area contributed by atoms with Gasteiger partial charge in [-0.15, -0.1) is 11.3 Å². The Balaban J connectivity index is 1.36. The first kappa shape index (κ1) is 21.7. The molecule has 4 rings (SSSR count). The predicted molar refractivity (Wildman–Crippen MR) is 121 cm³/mol. The highest BCUT2D eigenvalue weighted by Crippen LogP contribution is 2.24. The van der Waals surface area contributed by atoms with Crippen LogP contribution in [0.4, 0.5) is 0 Å². The molecule has 31 heavy (non-hydrogen) atoms. The zero-order valence-corrected chi connectivity index (χ0v) is 18.7. The Bertz CT molecular complexity index is 1040. The Hall–Kier alpha value is -2.49. The van der Waals surface area contributed by atoms with Gasteiger partial charge in [0, 0.05) is 38.1 Å². The van der Waals surface area contributed by atoms with Crippen LogP contribution in [0.2, 0.25) is 0 Å². The summed E-state index contributed by atoms with van der Waals surface area (Å²) in [6, 6.07) is 12.4. The molecule has 3 heterocycles. The summed E-state index contributed by atoms with van der Waals surface area (Å²) in [6.07, 6.45) is 3.03. The van der Waals surface area contributed by atoms with Crippen LogP contribution in [-0.2, 0) is 14.8 Å². The van der Waals surface area contributed by atoms with E-state index in [-0.39, 0.29) is 24.9 Å². The van der Waals surface area contributed by atoms with Gasteiger partial charge >= 0.3 is 0 Å². The lowest BCUT2D eigenvalue weighted by Crippen LogP contribution is -2.55. The second-order valence-corrected chi connectivity index (χ2v) is 10.4. The van der Waals surface area contributed by atoms with Crippen LogP contribution < -0.4 is 0 Å². The number of carbonyl (C=O) groups excluding carboxylic acids is 2. The van der Waals surface area contributed by atoms with Gasteiger partial charge in [-0.3, -0.25) is 9.59 Å². The van der Waals surface area contributed by atoms with Gasteiger partial charge in [0.25, 0.3) is 5.91 Å². The third-order valence-electron chi connectivity index (χ3n) is 5.67. The average molecular weight is 460 g/mol. The van der Waals surface area contributed by atoms with E-state index in [4.69, 9.17) is 0 Å². The van der Waals surface area contributed by atoms with Crippen molar-refractivity contribution in [2.24, 2.45) is 0 Å². The van der Waals surface area contributed by atoms with Gasteiger partial charge in [0.2, 0.25) is 15.9 Å². The Kier molecular flexibility index (Phi) is 6.54. The van der Waals surface area contributed by atoms with E-state index in [1.807, 2.05) is 41.8 Å². The topological polar surface area (TPSA) is 78.0 Å². The van der Waals surface area contributed by atoms with Crippen molar-refractivity contribution >= 4 is 39.3 Å². The number of hydrogen-bond donors (Lipinski definition) is 0. The van der Waals surface area contributed by atoms with E-state index < -0.39 is 16.1 Å². The molecule has 0 spiro atoms. The van der Waals surface area contributed by atoms with Crippen LogP contribution in [0.5, 0.6) is 0 Å². The second kappa shape index (κ2) is 9.33. The molecule has 1 aromatic heterocycles. The number of hydrogen-bond acceptors (Lipinski definition) is 5. The summed E-state index contributed by atoms with van der Waals surface area (Å²) in [5, 5.41) is 3.07. The summed E-state index contributed by atoms with van der Waals surface area (Å²) in [7, 11) is -3.55. The molecule has 7 nitrogen and oxygen atoms in total. The first-order chi connectivity index (χ1) is 15.0. The van der Waals surface area contributed by atoms with E-state index in [2.05, 4.69) is 0 Å². The van der Waals surface area contributed by atoms with E-state index in [0.29, 0.717) is 30.9 Å². The van der Waals surface area contributed by atoms with Crippen molar-refractivity contribution in [3.63, 3.8) is 0 Å². The average Bonchev–Trinajstić information content (AvgIpc) is 3.50. The number of sulfonamides is 1. The molecular weight excluding hydrogens is 434 g/mol. The van der Waals surface area contributed by atoms with Crippen LogP contribution >= 0.6 is 11.3 Å². The molecule has 2 amide bonds. The summed E-state index contributed by atoms with van der Waals surface area (Å²) in [5.74, 6) is -0.183. The molecule has 1 aromatic carbocycles. The third-order valence-corrected chi connectivity index (χ3v) is 8.10. The zero-order valence-electron chi connectivity index (χ0n) is 17.1. The first-order valence-corrected chi connectivity index (χ1v) is 12.7. The van der Waals surface area contributed by atoms with Crippen molar-refractivity contribution in [3.8, 4) is 0 Å². The van der Waals surface area contributed by atoms with E-state index in [1.165, 1.54) is 21.1 Å². The van der Waals surface area contributed by atoms with Gasteiger partial charge in [-0.2, -0.15) is 4.31 Å². The van der Waals surface area contributed by atoms with Gasteiger partial charge in [-0.1, -0.05) is 36.4 Å². The third kappa shape index (κ3) is 4.89. The summed E-state index contributed by atoms with van der Waals surface area (Å²) >= 11 is 1.38. The normalized spacial score (nSPS) is 20.5. The van der Waals surface area contributed by atoms with Crippen LogP contribution in [0, 0.1) is 0 Å². The fraction of sp³-hybridized carbons (Fsp3) is 0.364. The number of carbonyl (C=O) groups is 2. The molecule has 2 aliphatic heterocycles. The van der Waals surface area contributed by atoms with Crippen LogP contribution in [0.3, 0.4) is 0 Å². The molecular formula is C22H25N3O4S2. The summed E-state index contributed by atoms with van der Waals surface area (Å²) in [4.78, 5) is 29.9. The van der Waals surface area contributed by atoms with Crippen LogP contribution in [-0.4, -0.2) is 73.1 Å². The van der Waals surface area contributed by atoms with Crippen molar-refractivity contribution < 1.29 is 18.0 Å². The number of piperazine rings is 1. The second-order valence-electron chi connectivity index (χ2n) is 7.62. The van der Waals surface area contributed by atoms with Crippen molar-refractivity contribution in [3.05, 3.63) is 63.7 Å². The summed E-state index contributed by atoms with van der Waals surface area (Å²) in [6.45, 7) is 1.73.